The Hall–Kier alpha value is -8.38. The zero-order valence-electron chi connectivity index (χ0n) is 48.8. The average molecular weight is 1230 g/mol. The summed E-state index contributed by atoms with van der Waals surface area (Å²) in [5.41, 5.74) is 11.5. The van der Waals surface area contributed by atoms with Gasteiger partial charge in [0.15, 0.2) is 0 Å². The summed E-state index contributed by atoms with van der Waals surface area (Å²) in [6.07, 6.45) is -0.137. The van der Waals surface area contributed by atoms with Crippen molar-refractivity contribution in [2.75, 3.05) is 31.6 Å². The van der Waals surface area contributed by atoms with Gasteiger partial charge in [-0.2, -0.15) is 11.8 Å². The van der Waals surface area contributed by atoms with Crippen molar-refractivity contribution < 1.29 is 82.1 Å². The Morgan fingerprint density at radius 1 is 0.640 bits per heavy atom. The lowest BCUT2D eigenvalue weighted by Gasteiger charge is -2.31. The summed E-state index contributed by atoms with van der Waals surface area (Å²) in [7, 11) is 0. The molecule has 0 radical (unpaired) electrons. The summed E-state index contributed by atoms with van der Waals surface area (Å²) < 4.78 is 0. The van der Waals surface area contributed by atoms with Gasteiger partial charge >= 0.3 is 11.9 Å². The number of carboxylic acids is 2. The topological polar surface area (TPSA) is 463 Å². The number of carbonyl (C=O) groups is 15. The fourth-order valence-electron chi connectivity index (χ4n) is 10.1. The molecule has 1 aromatic rings. The molecule has 0 saturated carbocycles. The van der Waals surface area contributed by atoms with Crippen molar-refractivity contribution in [2.45, 2.75) is 172 Å². The van der Waals surface area contributed by atoms with Crippen LogP contribution in [0.15, 0.2) is 30.3 Å². The molecule has 0 unspecified atom stereocenters. The van der Waals surface area contributed by atoms with Crippen molar-refractivity contribution in [2.24, 2.45) is 23.3 Å². The van der Waals surface area contributed by atoms with Crippen LogP contribution < -0.4 is 59.3 Å². The molecule has 0 bridgehead atoms. The van der Waals surface area contributed by atoms with Gasteiger partial charge in [-0.25, -0.2) is 0 Å². The lowest BCUT2D eigenvalue weighted by atomic mass is 10.00. The first kappa shape index (κ1) is 70.1. The SMILES string of the molecule is CSCC[C@H](NC(=O)[C@H](CC(C)C)NC(=O)CNC(=O)[C@@H](NC(=O)[C@H](Cc1ccccc1)NC(=O)[C@H](CCC(=O)O)NC(=O)[C@H](CC(=O)O)NC(=O)[C@@H]1CCCN1C(=O)[C@H](CC(N)=O)NC(=O)[C@@H]1CCCN1C(=O)[C@@H]1CCC(=O)N1)C(C)C)C(N)=O. The van der Waals surface area contributed by atoms with Crippen LogP contribution in [0.1, 0.15) is 110 Å². The summed E-state index contributed by atoms with van der Waals surface area (Å²) in [5.74, 6) is -14.3. The predicted molar refractivity (Wildman–Crippen MR) is 307 cm³/mol. The van der Waals surface area contributed by atoms with Gasteiger partial charge in [-0.15, -0.1) is 0 Å². The minimum Gasteiger partial charge on any atom is -0.481 e. The molecule has 13 amide bonds. The quantitative estimate of drug-likeness (QED) is 0.0314. The van der Waals surface area contributed by atoms with Gasteiger partial charge in [0, 0.05) is 32.4 Å². The molecule has 3 saturated heterocycles. The first-order valence-corrected chi connectivity index (χ1v) is 29.8. The maximum absolute atomic E-state index is 14.3. The normalized spacial score (nSPS) is 18.8. The van der Waals surface area contributed by atoms with Gasteiger partial charge in [-0.1, -0.05) is 58.0 Å². The molecule has 3 aliphatic heterocycles. The van der Waals surface area contributed by atoms with Gasteiger partial charge in [0.2, 0.25) is 76.8 Å². The number of nitrogens with two attached hydrogens (primary N) is 2. The number of carbonyl (C=O) groups excluding carboxylic acids is 13. The molecule has 10 atom stereocenters. The second-order valence-corrected chi connectivity index (χ2v) is 23.1. The number of nitrogens with one attached hydrogen (secondary N) is 9. The van der Waals surface area contributed by atoms with E-state index in [9.17, 15) is 82.1 Å². The molecule has 86 heavy (non-hydrogen) atoms. The maximum atomic E-state index is 14.3. The Labute approximate surface area is 501 Å². The van der Waals surface area contributed by atoms with Crippen molar-refractivity contribution in [1.82, 2.24) is 57.7 Å². The number of rotatable bonds is 34. The lowest BCUT2D eigenvalue weighted by Crippen LogP contribution is -2.61. The minimum absolute atomic E-state index is 0.0454. The zero-order chi connectivity index (χ0) is 63.9. The first-order chi connectivity index (χ1) is 40.6. The first-order valence-electron chi connectivity index (χ1n) is 28.4. The number of hydrogen-bond acceptors (Lipinski definition) is 16. The molecule has 3 aliphatic rings. The van der Waals surface area contributed by atoms with E-state index in [4.69, 9.17) is 11.5 Å². The van der Waals surface area contributed by atoms with Crippen LogP contribution in [0.4, 0.5) is 0 Å². The highest BCUT2D eigenvalue weighted by Gasteiger charge is 2.44. The number of amides is 13. The fraction of sp³-hybridized carbons (Fsp3) is 0.618. The van der Waals surface area contributed by atoms with Crippen LogP contribution in [0.25, 0.3) is 0 Å². The molecule has 3 fully saturated rings. The van der Waals surface area contributed by atoms with Gasteiger partial charge in [0.1, 0.15) is 60.4 Å². The molecular formula is C55H81N13O17S. The van der Waals surface area contributed by atoms with E-state index < -0.39 is 181 Å². The molecule has 15 N–H and O–H groups in total. The zero-order valence-corrected chi connectivity index (χ0v) is 49.6. The molecule has 0 spiro atoms. The third-order valence-electron chi connectivity index (χ3n) is 14.5. The Morgan fingerprint density at radius 3 is 1.77 bits per heavy atom. The molecule has 1 aromatic carbocycles. The number of carboxylic acid groups (broad SMARTS) is 2. The number of thioether (sulfide) groups is 1. The Bertz CT molecular complexity index is 2680. The van der Waals surface area contributed by atoms with E-state index in [0.717, 1.165) is 4.90 Å². The van der Waals surface area contributed by atoms with Gasteiger partial charge < -0.3 is 79.3 Å². The number of benzene rings is 1. The minimum atomic E-state index is -1.98. The van der Waals surface area contributed by atoms with Crippen LogP contribution in [-0.2, 0) is 78.3 Å². The largest absolute Gasteiger partial charge is 0.481 e. The molecule has 4 rings (SSSR count). The number of nitrogens with zero attached hydrogens (tertiary/aromatic N) is 2. The molecule has 0 aliphatic carbocycles. The Balaban J connectivity index is 1.50. The summed E-state index contributed by atoms with van der Waals surface area (Å²) in [6, 6.07) is -5.59. The van der Waals surface area contributed by atoms with E-state index in [1.54, 1.807) is 58.0 Å². The third-order valence-corrected chi connectivity index (χ3v) is 15.1. The third kappa shape index (κ3) is 21.9. The maximum Gasteiger partial charge on any atom is 0.305 e. The predicted octanol–water partition coefficient (Wildman–Crippen LogP) is -3.85. The van der Waals surface area contributed by atoms with E-state index in [0.29, 0.717) is 17.7 Å². The van der Waals surface area contributed by atoms with Gasteiger partial charge in [0.25, 0.3) is 0 Å². The number of hydrogen-bond donors (Lipinski definition) is 13. The summed E-state index contributed by atoms with van der Waals surface area (Å²) in [5, 5.41) is 41.9. The summed E-state index contributed by atoms with van der Waals surface area (Å²) in [6.45, 7) is 6.18. The summed E-state index contributed by atoms with van der Waals surface area (Å²) in [4.78, 5) is 201. The van der Waals surface area contributed by atoms with Gasteiger partial charge in [-0.05, 0) is 80.8 Å². The lowest BCUT2D eigenvalue weighted by molar-refractivity contribution is -0.145. The van der Waals surface area contributed by atoms with Crippen molar-refractivity contribution in [3.05, 3.63) is 35.9 Å². The number of primary amides is 2. The standard InChI is InChI=1S/C55H81N13O17S/c1-28(2)23-34(48(78)61-31(46(57)76)19-22-86-5)60-42(71)27-58-53(83)45(29(3)4)66-50(80)35(24-30-11-7-6-8-12-30)63-47(77)32(16-18-43(72)73)62-49(79)36(26-44(74)75)64-51(81)38-13-10-21-68(38)55(85)37(25-40(56)69)65-52(82)39-14-9-20-67(39)54(84)33-15-17-41(70)59-33/h6-8,11-12,28-29,31-39,45H,9-10,13-27H2,1-5H3,(H2,56,69)(H2,57,76)(H,58,83)(H,59,70)(H,60,71)(H,61,78)(H,62,79)(H,63,77)(H,64,81)(H,65,82)(H,66,80)(H,72,73)(H,74,75)/t31-,32-,33-,34-,35-,36-,37-,38-,39-,45-/m0/s1. The van der Waals surface area contributed by atoms with Crippen LogP contribution in [0.2, 0.25) is 0 Å². The van der Waals surface area contributed by atoms with Crippen molar-refractivity contribution in [1.29, 1.82) is 0 Å². The van der Waals surface area contributed by atoms with Gasteiger partial charge in [-0.3, -0.25) is 71.9 Å². The van der Waals surface area contributed by atoms with E-state index in [-0.39, 0.29) is 76.3 Å². The number of aliphatic carboxylic acids is 2. The van der Waals surface area contributed by atoms with E-state index in [1.807, 2.05) is 6.26 Å². The van der Waals surface area contributed by atoms with Crippen LogP contribution in [-0.4, -0.2) is 201 Å². The molecule has 3 heterocycles. The molecule has 30 nitrogen and oxygen atoms in total. The molecule has 0 aromatic heterocycles. The Morgan fingerprint density at radius 2 is 1.21 bits per heavy atom. The molecular weight excluding hydrogens is 1150 g/mol. The van der Waals surface area contributed by atoms with Crippen molar-refractivity contribution in [3.8, 4) is 0 Å². The fourth-order valence-corrected chi connectivity index (χ4v) is 10.5. The van der Waals surface area contributed by atoms with Crippen LogP contribution in [0.5, 0.6) is 0 Å². The monoisotopic (exact) mass is 1230 g/mol. The molecule has 474 valence electrons. The summed E-state index contributed by atoms with van der Waals surface area (Å²) >= 11 is 1.44. The second kappa shape index (κ2) is 33.9. The van der Waals surface area contributed by atoms with E-state index in [2.05, 4.69) is 47.9 Å². The highest BCUT2D eigenvalue weighted by Crippen LogP contribution is 2.24. The van der Waals surface area contributed by atoms with Gasteiger partial charge in [0.05, 0.1) is 19.4 Å². The second-order valence-electron chi connectivity index (χ2n) is 22.1. The van der Waals surface area contributed by atoms with Crippen molar-refractivity contribution >= 4 is 100 Å². The van der Waals surface area contributed by atoms with Crippen LogP contribution in [0.3, 0.4) is 0 Å². The smallest absolute Gasteiger partial charge is 0.305 e. The van der Waals surface area contributed by atoms with Crippen LogP contribution in [0, 0.1) is 11.8 Å². The highest BCUT2D eigenvalue weighted by atomic mass is 32.2. The average Bonchev–Trinajstić information content (AvgIpc) is 2.50. The highest BCUT2D eigenvalue weighted by molar-refractivity contribution is 7.98. The molecule has 31 heteroatoms. The number of likely N-dealkylation sites (tertiary alicyclic amines) is 2. The van der Waals surface area contributed by atoms with Crippen LogP contribution >= 0.6 is 11.8 Å². The van der Waals surface area contributed by atoms with Crippen molar-refractivity contribution in [3.63, 3.8) is 0 Å². The van der Waals surface area contributed by atoms with E-state index >= 15 is 0 Å². The Kier molecular flexibility index (Phi) is 27.7. The van der Waals surface area contributed by atoms with E-state index in [1.165, 1.54) is 16.7 Å².